The Bertz CT molecular complexity index is 604. The van der Waals surface area contributed by atoms with Gasteiger partial charge in [0.2, 0.25) is 0 Å². The summed E-state index contributed by atoms with van der Waals surface area (Å²) in [5, 5.41) is 0.116. The second kappa shape index (κ2) is 4.94. The molecule has 0 aliphatic rings. The van der Waals surface area contributed by atoms with E-state index in [1.807, 2.05) is 24.5 Å². The number of aryl methyl sites for hydroxylation is 1. The highest BCUT2D eigenvalue weighted by atomic mass is 35.5. The number of hydrogen-bond acceptors (Lipinski definition) is 1. The summed E-state index contributed by atoms with van der Waals surface area (Å²) in [6.07, 6.45) is 0.844. The minimum atomic E-state index is -0.421. The molecule has 0 amide bonds. The fourth-order valence-electron chi connectivity index (χ4n) is 2.01. The van der Waals surface area contributed by atoms with Gasteiger partial charge >= 0.3 is 0 Å². The van der Waals surface area contributed by atoms with Crippen LogP contribution in [-0.4, -0.2) is 10.9 Å². The fraction of sp³-hybridized carbons (Fsp3) is 0.214. The highest BCUT2D eigenvalue weighted by molar-refractivity contribution is 6.30. The van der Waals surface area contributed by atoms with Gasteiger partial charge in [0.1, 0.15) is 5.82 Å². The van der Waals surface area contributed by atoms with Gasteiger partial charge in [-0.3, -0.25) is 4.79 Å². The molecule has 2 nitrogen and oxygen atoms in total. The van der Waals surface area contributed by atoms with E-state index in [-0.39, 0.29) is 5.02 Å². The Labute approximate surface area is 110 Å². The minimum Gasteiger partial charge on any atom is -0.344 e. The molecule has 0 saturated heterocycles. The van der Waals surface area contributed by atoms with Crippen LogP contribution in [0.3, 0.4) is 0 Å². The van der Waals surface area contributed by atoms with Gasteiger partial charge in [-0.25, -0.2) is 4.39 Å². The molecule has 2 rings (SSSR count). The maximum atomic E-state index is 13.1. The molecule has 0 aliphatic heterocycles. The molecule has 0 aliphatic carbocycles. The van der Waals surface area contributed by atoms with Gasteiger partial charge in [0.25, 0.3) is 0 Å². The Kier molecular flexibility index (Phi) is 3.53. The van der Waals surface area contributed by atoms with Crippen molar-refractivity contribution in [3.8, 4) is 0 Å². The van der Waals surface area contributed by atoms with E-state index in [1.54, 1.807) is 12.1 Å². The summed E-state index contributed by atoms with van der Waals surface area (Å²) in [6.45, 7) is 4.40. The predicted octanol–water partition coefficient (Wildman–Crippen LogP) is 3.76. The lowest BCUT2D eigenvalue weighted by molar-refractivity contribution is 0.112. The van der Waals surface area contributed by atoms with Crippen LogP contribution in [0, 0.1) is 19.7 Å². The van der Waals surface area contributed by atoms with Crippen molar-refractivity contribution >= 4 is 17.9 Å². The molecule has 0 radical (unpaired) electrons. The molecule has 0 unspecified atom stereocenters. The summed E-state index contributed by atoms with van der Waals surface area (Å²) in [5.74, 6) is -0.421. The van der Waals surface area contributed by atoms with Crippen molar-refractivity contribution in [2.75, 3.05) is 0 Å². The number of rotatable bonds is 3. The lowest BCUT2D eigenvalue weighted by atomic mass is 10.2. The smallest absolute Gasteiger partial charge is 0.151 e. The third kappa shape index (κ3) is 2.31. The maximum Gasteiger partial charge on any atom is 0.151 e. The zero-order valence-corrected chi connectivity index (χ0v) is 11.0. The highest BCUT2D eigenvalue weighted by Crippen LogP contribution is 2.19. The SMILES string of the molecule is Cc1cc(C=O)c(C)n1Cc1ccc(F)c(Cl)c1. The highest BCUT2D eigenvalue weighted by Gasteiger charge is 2.09. The Balaban J connectivity index is 2.36. The first kappa shape index (κ1) is 12.8. The summed E-state index contributed by atoms with van der Waals surface area (Å²) >= 11 is 5.75. The normalized spacial score (nSPS) is 10.7. The molecule has 0 saturated carbocycles. The average Bonchev–Trinajstić information content (AvgIpc) is 2.61. The average molecular weight is 266 g/mol. The van der Waals surface area contributed by atoms with Crippen LogP contribution in [0.1, 0.15) is 27.3 Å². The molecular formula is C14H13ClFNO. The monoisotopic (exact) mass is 265 g/mol. The van der Waals surface area contributed by atoms with E-state index in [4.69, 9.17) is 11.6 Å². The number of carbonyl (C=O) groups is 1. The second-order valence-electron chi connectivity index (χ2n) is 4.28. The van der Waals surface area contributed by atoms with Crippen LogP contribution in [0.2, 0.25) is 5.02 Å². The number of benzene rings is 1. The quantitative estimate of drug-likeness (QED) is 0.775. The van der Waals surface area contributed by atoms with Crippen LogP contribution in [0.15, 0.2) is 24.3 Å². The van der Waals surface area contributed by atoms with Crippen LogP contribution in [0.5, 0.6) is 0 Å². The Morgan fingerprint density at radius 2 is 2.06 bits per heavy atom. The molecule has 0 N–H and O–H groups in total. The van der Waals surface area contributed by atoms with Crippen LogP contribution in [0.25, 0.3) is 0 Å². The molecule has 1 heterocycles. The second-order valence-corrected chi connectivity index (χ2v) is 4.69. The number of hydrogen-bond donors (Lipinski definition) is 0. The van der Waals surface area contributed by atoms with E-state index in [2.05, 4.69) is 0 Å². The van der Waals surface area contributed by atoms with E-state index in [0.717, 1.165) is 23.2 Å². The van der Waals surface area contributed by atoms with Crippen LogP contribution in [-0.2, 0) is 6.54 Å². The minimum absolute atomic E-state index is 0.116. The van der Waals surface area contributed by atoms with E-state index in [0.29, 0.717) is 12.1 Å². The molecule has 18 heavy (non-hydrogen) atoms. The molecule has 1 aromatic heterocycles. The molecule has 0 bridgehead atoms. The summed E-state index contributed by atoms with van der Waals surface area (Å²) in [6, 6.07) is 6.50. The van der Waals surface area contributed by atoms with Crippen molar-refractivity contribution in [3.63, 3.8) is 0 Å². The zero-order valence-electron chi connectivity index (χ0n) is 10.2. The van der Waals surface area contributed by atoms with E-state index in [1.165, 1.54) is 6.07 Å². The molecule has 4 heteroatoms. The lowest BCUT2D eigenvalue weighted by Gasteiger charge is -2.10. The molecule has 1 aromatic carbocycles. The Morgan fingerprint density at radius 3 is 2.61 bits per heavy atom. The third-order valence-electron chi connectivity index (χ3n) is 3.06. The number of halogens is 2. The van der Waals surface area contributed by atoms with E-state index >= 15 is 0 Å². The summed E-state index contributed by atoms with van der Waals surface area (Å²) in [7, 11) is 0. The van der Waals surface area contributed by atoms with Crippen LogP contribution < -0.4 is 0 Å². The number of carbonyl (C=O) groups excluding carboxylic acids is 1. The van der Waals surface area contributed by atoms with Crippen molar-refractivity contribution in [3.05, 3.63) is 57.6 Å². The fourth-order valence-corrected chi connectivity index (χ4v) is 2.21. The molecule has 0 spiro atoms. The first-order valence-corrected chi connectivity index (χ1v) is 5.96. The van der Waals surface area contributed by atoms with E-state index in [9.17, 15) is 9.18 Å². The predicted molar refractivity (Wildman–Crippen MR) is 69.8 cm³/mol. The van der Waals surface area contributed by atoms with Crippen molar-refractivity contribution < 1.29 is 9.18 Å². The van der Waals surface area contributed by atoms with Gasteiger partial charge in [-0.15, -0.1) is 0 Å². The lowest BCUT2D eigenvalue weighted by Crippen LogP contribution is -2.04. The maximum absolute atomic E-state index is 13.1. The first-order chi connectivity index (χ1) is 8.52. The number of aromatic nitrogens is 1. The van der Waals surface area contributed by atoms with Crippen molar-refractivity contribution in [1.29, 1.82) is 0 Å². The van der Waals surface area contributed by atoms with Gasteiger partial charge in [0, 0.05) is 23.5 Å². The molecule has 2 aromatic rings. The Hall–Kier alpha value is -1.61. The van der Waals surface area contributed by atoms with Gasteiger partial charge in [-0.2, -0.15) is 0 Å². The van der Waals surface area contributed by atoms with Gasteiger partial charge in [-0.05, 0) is 37.6 Å². The Morgan fingerprint density at radius 1 is 1.33 bits per heavy atom. The van der Waals surface area contributed by atoms with Gasteiger partial charge in [0.05, 0.1) is 5.02 Å². The molecular weight excluding hydrogens is 253 g/mol. The van der Waals surface area contributed by atoms with Gasteiger partial charge in [0.15, 0.2) is 6.29 Å². The summed E-state index contributed by atoms with van der Waals surface area (Å²) in [5.41, 5.74) is 3.49. The zero-order chi connectivity index (χ0) is 13.3. The van der Waals surface area contributed by atoms with Gasteiger partial charge in [-0.1, -0.05) is 17.7 Å². The molecule has 0 fully saturated rings. The van der Waals surface area contributed by atoms with Crippen LogP contribution in [0.4, 0.5) is 4.39 Å². The molecule has 94 valence electrons. The largest absolute Gasteiger partial charge is 0.344 e. The van der Waals surface area contributed by atoms with E-state index < -0.39 is 5.82 Å². The topological polar surface area (TPSA) is 22.0 Å². The van der Waals surface area contributed by atoms with Crippen molar-refractivity contribution in [2.45, 2.75) is 20.4 Å². The van der Waals surface area contributed by atoms with Crippen molar-refractivity contribution in [1.82, 2.24) is 4.57 Å². The first-order valence-electron chi connectivity index (χ1n) is 5.58. The third-order valence-corrected chi connectivity index (χ3v) is 3.35. The van der Waals surface area contributed by atoms with Crippen molar-refractivity contribution in [2.24, 2.45) is 0 Å². The molecule has 0 atom stereocenters. The standard InChI is InChI=1S/C14H13ClFNO/c1-9-5-12(8-18)10(2)17(9)7-11-3-4-14(16)13(15)6-11/h3-6,8H,7H2,1-2H3. The number of aldehydes is 1. The summed E-state index contributed by atoms with van der Waals surface area (Å²) < 4.78 is 15.1. The number of nitrogens with zero attached hydrogens (tertiary/aromatic N) is 1. The summed E-state index contributed by atoms with van der Waals surface area (Å²) in [4.78, 5) is 10.9. The van der Waals surface area contributed by atoms with Crippen LogP contribution >= 0.6 is 11.6 Å². The van der Waals surface area contributed by atoms with Gasteiger partial charge < -0.3 is 4.57 Å².